The monoisotopic (exact) mass is 366 g/mol. The number of benzene rings is 1. The zero-order valence-electron chi connectivity index (χ0n) is 15.8. The molecule has 0 aliphatic carbocycles. The number of carbonyl (C=O) groups excluding carboxylic acids is 2. The van der Waals surface area contributed by atoms with Gasteiger partial charge in [-0.15, -0.1) is 0 Å². The first-order valence-electron chi connectivity index (χ1n) is 8.57. The van der Waals surface area contributed by atoms with Gasteiger partial charge in [0.2, 0.25) is 0 Å². The van der Waals surface area contributed by atoms with Crippen LogP contribution < -0.4 is 10.6 Å². The van der Waals surface area contributed by atoms with Gasteiger partial charge >= 0.3 is 6.09 Å². The summed E-state index contributed by atoms with van der Waals surface area (Å²) >= 11 is 0. The van der Waals surface area contributed by atoms with Crippen molar-refractivity contribution in [1.29, 1.82) is 0 Å². The number of fused-ring (bicyclic) bond motifs is 1. The topological polar surface area (TPSA) is 84.7 Å². The molecular formula is C20H22N4O3. The summed E-state index contributed by atoms with van der Waals surface area (Å²) in [6.07, 6.45) is 2.11. The summed E-state index contributed by atoms with van der Waals surface area (Å²) in [5, 5.41) is 6.17. The Hall–Kier alpha value is -3.35. The predicted octanol–water partition coefficient (Wildman–Crippen LogP) is 3.86. The smallest absolute Gasteiger partial charge is 0.411 e. The SMILES string of the molecule is COC(=O)Nc1c(C)ccc(C)c1CNc1cccn2c(C=O)c(C)nc12. The third-order valence-corrected chi connectivity index (χ3v) is 4.61. The number of aromatic nitrogens is 2. The van der Waals surface area contributed by atoms with Crippen molar-refractivity contribution >= 4 is 29.4 Å². The van der Waals surface area contributed by atoms with Crippen molar-refractivity contribution in [3.05, 3.63) is 58.5 Å². The summed E-state index contributed by atoms with van der Waals surface area (Å²) in [5.41, 5.74) is 6.38. The van der Waals surface area contributed by atoms with Gasteiger partial charge in [-0.2, -0.15) is 0 Å². The van der Waals surface area contributed by atoms with Crippen LogP contribution in [0.2, 0.25) is 0 Å². The molecule has 2 aromatic heterocycles. The van der Waals surface area contributed by atoms with Gasteiger partial charge in [0.15, 0.2) is 11.9 Å². The number of methoxy groups -OCH3 is 1. The maximum atomic E-state index is 11.7. The molecule has 1 aromatic carbocycles. The molecule has 2 N–H and O–H groups in total. The standard InChI is InChI=1S/C20H22N4O3/c1-12-7-8-13(2)18(23-20(26)27-4)15(12)10-21-16-6-5-9-24-17(11-25)14(3)22-19(16)24/h5-9,11,21H,10H2,1-4H3,(H,23,26). The number of rotatable bonds is 5. The van der Waals surface area contributed by atoms with E-state index < -0.39 is 6.09 Å². The van der Waals surface area contributed by atoms with Crippen molar-refractivity contribution in [3.8, 4) is 0 Å². The average molecular weight is 366 g/mol. The zero-order chi connectivity index (χ0) is 19.6. The lowest BCUT2D eigenvalue weighted by Gasteiger charge is -2.17. The van der Waals surface area contributed by atoms with Crippen molar-refractivity contribution < 1.29 is 14.3 Å². The lowest BCUT2D eigenvalue weighted by molar-refractivity contribution is 0.111. The molecule has 0 saturated heterocycles. The number of hydrogen-bond donors (Lipinski definition) is 2. The van der Waals surface area contributed by atoms with E-state index in [-0.39, 0.29) is 0 Å². The van der Waals surface area contributed by atoms with Crippen LogP contribution in [0.4, 0.5) is 16.2 Å². The molecule has 0 aliphatic rings. The average Bonchev–Trinajstić information content (AvgIpc) is 2.99. The van der Waals surface area contributed by atoms with E-state index in [2.05, 4.69) is 15.6 Å². The molecule has 3 rings (SSSR count). The first kappa shape index (κ1) is 18.4. The molecule has 0 unspecified atom stereocenters. The molecule has 0 spiro atoms. The Balaban J connectivity index is 1.96. The summed E-state index contributed by atoms with van der Waals surface area (Å²) in [6.45, 7) is 6.21. The van der Waals surface area contributed by atoms with Crippen LogP contribution >= 0.6 is 0 Å². The van der Waals surface area contributed by atoms with Gasteiger partial charge in [-0.05, 0) is 49.6 Å². The van der Waals surface area contributed by atoms with Crippen LogP contribution in [0, 0.1) is 20.8 Å². The molecule has 140 valence electrons. The van der Waals surface area contributed by atoms with Crippen molar-refractivity contribution in [2.75, 3.05) is 17.7 Å². The molecule has 0 bridgehead atoms. The lowest BCUT2D eigenvalue weighted by atomic mass is 10.0. The zero-order valence-corrected chi connectivity index (χ0v) is 15.8. The minimum absolute atomic E-state index is 0.481. The number of nitrogens with one attached hydrogen (secondary N) is 2. The van der Waals surface area contributed by atoms with E-state index in [4.69, 9.17) is 4.74 Å². The van der Waals surface area contributed by atoms with Gasteiger partial charge in [0, 0.05) is 12.7 Å². The van der Waals surface area contributed by atoms with Crippen LogP contribution in [0.15, 0.2) is 30.5 Å². The number of ether oxygens (including phenoxy) is 1. The molecule has 0 aliphatic heterocycles. The number of amides is 1. The van der Waals surface area contributed by atoms with Gasteiger partial charge in [-0.1, -0.05) is 12.1 Å². The largest absolute Gasteiger partial charge is 0.453 e. The Morgan fingerprint density at radius 2 is 1.96 bits per heavy atom. The van der Waals surface area contributed by atoms with E-state index in [1.807, 2.05) is 51.2 Å². The lowest BCUT2D eigenvalue weighted by Crippen LogP contribution is -2.15. The number of aryl methyl sites for hydroxylation is 3. The number of carbonyl (C=O) groups is 2. The number of nitrogens with zero attached hydrogens (tertiary/aromatic N) is 2. The molecular weight excluding hydrogens is 344 g/mol. The van der Waals surface area contributed by atoms with Gasteiger partial charge in [-0.25, -0.2) is 9.78 Å². The fraction of sp³-hybridized carbons (Fsp3) is 0.250. The highest BCUT2D eigenvalue weighted by Gasteiger charge is 2.14. The first-order valence-corrected chi connectivity index (χ1v) is 8.57. The van der Waals surface area contributed by atoms with E-state index in [0.717, 1.165) is 34.4 Å². The Morgan fingerprint density at radius 3 is 2.67 bits per heavy atom. The number of hydrogen-bond acceptors (Lipinski definition) is 5. The second kappa shape index (κ2) is 7.49. The third-order valence-electron chi connectivity index (χ3n) is 4.61. The molecule has 7 heteroatoms. The maximum absolute atomic E-state index is 11.7. The number of pyridine rings is 1. The predicted molar refractivity (Wildman–Crippen MR) is 105 cm³/mol. The van der Waals surface area contributed by atoms with Crippen LogP contribution in [-0.4, -0.2) is 28.9 Å². The van der Waals surface area contributed by atoms with Crippen molar-refractivity contribution in [3.63, 3.8) is 0 Å². The summed E-state index contributed by atoms with van der Waals surface area (Å²) in [5.74, 6) is 0. The number of imidazole rings is 1. The molecule has 2 heterocycles. The molecule has 27 heavy (non-hydrogen) atoms. The summed E-state index contributed by atoms with van der Waals surface area (Å²) in [7, 11) is 1.34. The molecule has 3 aromatic rings. The van der Waals surface area contributed by atoms with E-state index in [1.54, 1.807) is 4.40 Å². The van der Waals surface area contributed by atoms with E-state index in [9.17, 15) is 9.59 Å². The normalized spacial score (nSPS) is 10.7. The molecule has 7 nitrogen and oxygen atoms in total. The molecule has 0 radical (unpaired) electrons. The van der Waals surface area contributed by atoms with Gasteiger partial charge < -0.3 is 10.1 Å². The highest BCUT2D eigenvalue weighted by Crippen LogP contribution is 2.27. The van der Waals surface area contributed by atoms with Crippen molar-refractivity contribution in [1.82, 2.24) is 9.38 Å². The van der Waals surface area contributed by atoms with Crippen LogP contribution in [0.25, 0.3) is 5.65 Å². The minimum Gasteiger partial charge on any atom is -0.453 e. The molecule has 0 atom stereocenters. The van der Waals surface area contributed by atoms with Crippen LogP contribution in [-0.2, 0) is 11.3 Å². The molecule has 1 amide bonds. The second-order valence-corrected chi connectivity index (χ2v) is 6.34. The highest BCUT2D eigenvalue weighted by atomic mass is 16.5. The number of aldehydes is 1. The van der Waals surface area contributed by atoms with Gasteiger partial charge in [0.25, 0.3) is 0 Å². The second-order valence-electron chi connectivity index (χ2n) is 6.34. The Morgan fingerprint density at radius 1 is 1.22 bits per heavy atom. The summed E-state index contributed by atoms with van der Waals surface area (Å²) in [4.78, 5) is 27.5. The van der Waals surface area contributed by atoms with E-state index in [0.29, 0.717) is 23.6 Å². The molecule has 0 saturated carbocycles. The van der Waals surface area contributed by atoms with Crippen LogP contribution in [0.3, 0.4) is 0 Å². The third kappa shape index (κ3) is 3.48. The highest BCUT2D eigenvalue weighted by molar-refractivity contribution is 5.87. The fourth-order valence-corrected chi connectivity index (χ4v) is 3.09. The Kier molecular flexibility index (Phi) is 5.12. The summed E-state index contributed by atoms with van der Waals surface area (Å²) in [6, 6.07) is 7.74. The Bertz CT molecular complexity index is 1020. The van der Waals surface area contributed by atoms with Crippen molar-refractivity contribution in [2.45, 2.75) is 27.3 Å². The summed E-state index contributed by atoms with van der Waals surface area (Å²) < 4.78 is 6.50. The quantitative estimate of drug-likeness (QED) is 0.670. The van der Waals surface area contributed by atoms with Gasteiger partial charge in [-0.3, -0.25) is 14.5 Å². The van der Waals surface area contributed by atoms with Crippen molar-refractivity contribution in [2.24, 2.45) is 0 Å². The molecule has 0 fully saturated rings. The Labute approximate surface area is 157 Å². The van der Waals surface area contributed by atoms with Crippen LogP contribution in [0.1, 0.15) is 32.9 Å². The maximum Gasteiger partial charge on any atom is 0.411 e. The van der Waals surface area contributed by atoms with E-state index in [1.165, 1.54) is 7.11 Å². The number of anilines is 2. The first-order chi connectivity index (χ1) is 13.0. The minimum atomic E-state index is -0.508. The van der Waals surface area contributed by atoms with Gasteiger partial charge in [0.05, 0.1) is 24.2 Å². The van der Waals surface area contributed by atoms with Gasteiger partial charge in [0.1, 0.15) is 5.69 Å². The van der Waals surface area contributed by atoms with E-state index >= 15 is 0 Å². The van der Waals surface area contributed by atoms with Crippen LogP contribution in [0.5, 0.6) is 0 Å². The fourth-order valence-electron chi connectivity index (χ4n) is 3.09.